The molecule has 2 aromatic carbocycles. The number of anilines is 1. The smallest absolute Gasteiger partial charge is 0.127 e. The van der Waals surface area contributed by atoms with Gasteiger partial charge in [-0.25, -0.2) is 4.98 Å². The Hall–Kier alpha value is -2.06. The molecule has 21 heavy (non-hydrogen) atoms. The van der Waals surface area contributed by atoms with Crippen molar-refractivity contribution in [3.05, 3.63) is 71.8 Å². The van der Waals surface area contributed by atoms with Crippen molar-refractivity contribution in [2.24, 2.45) is 0 Å². The van der Waals surface area contributed by atoms with Crippen LogP contribution in [0, 0.1) is 0 Å². The Kier molecular flexibility index (Phi) is 3.04. The molecule has 0 bridgehead atoms. The minimum absolute atomic E-state index is 0.0654. The van der Waals surface area contributed by atoms with E-state index in [1.807, 2.05) is 24.3 Å². The molecule has 3 aromatic rings. The normalized spacial score (nSPS) is 20.4. The summed E-state index contributed by atoms with van der Waals surface area (Å²) in [6.45, 7) is 0. The number of halogens is 1. The van der Waals surface area contributed by atoms with E-state index >= 15 is 0 Å². The Labute approximate surface area is 128 Å². The number of aromatic nitrogens is 1. The number of benzene rings is 2. The van der Waals surface area contributed by atoms with Gasteiger partial charge in [-0.1, -0.05) is 42.5 Å². The predicted molar refractivity (Wildman–Crippen MR) is 87.9 cm³/mol. The first-order chi connectivity index (χ1) is 10.3. The first-order valence-electron chi connectivity index (χ1n) is 7.15. The van der Waals surface area contributed by atoms with Crippen molar-refractivity contribution >= 4 is 28.3 Å². The summed E-state index contributed by atoms with van der Waals surface area (Å²) in [5.74, 6) is 0.876. The second-order valence-corrected chi connectivity index (χ2v) is 5.99. The zero-order chi connectivity index (χ0) is 14.2. The summed E-state index contributed by atoms with van der Waals surface area (Å²) < 4.78 is 0. The van der Waals surface area contributed by atoms with E-state index in [0.717, 1.165) is 23.1 Å². The van der Waals surface area contributed by atoms with Crippen molar-refractivity contribution in [1.82, 2.24) is 4.98 Å². The Bertz CT molecular complexity index is 800. The van der Waals surface area contributed by atoms with Crippen molar-refractivity contribution in [1.29, 1.82) is 0 Å². The van der Waals surface area contributed by atoms with E-state index < -0.39 is 0 Å². The van der Waals surface area contributed by atoms with Crippen LogP contribution in [0.25, 0.3) is 10.9 Å². The highest BCUT2D eigenvalue weighted by molar-refractivity contribution is 6.21. The fourth-order valence-electron chi connectivity index (χ4n) is 3.02. The number of pyridine rings is 1. The van der Waals surface area contributed by atoms with Gasteiger partial charge in [0, 0.05) is 5.39 Å². The number of alkyl halides is 1. The van der Waals surface area contributed by atoms with Gasteiger partial charge in [0.25, 0.3) is 0 Å². The number of para-hydroxylation sites is 1. The van der Waals surface area contributed by atoms with Gasteiger partial charge in [-0.3, -0.25) is 0 Å². The van der Waals surface area contributed by atoms with Gasteiger partial charge in [0.1, 0.15) is 5.82 Å². The van der Waals surface area contributed by atoms with Gasteiger partial charge in [0.15, 0.2) is 0 Å². The summed E-state index contributed by atoms with van der Waals surface area (Å²) in [5.41, 5.74) is 3.61. The molecule has 2 unspecified atom stereocenters. The van der Waals surface area contributed by atoms with Crippen LogP contribution in [0.1, 0.15) is 17.2 Å². The van der Waals surface area contributed by atoms with Crippen molar-refractivity contribution < 1.29 is 0 Å². The molecule has 0 saturated carbocycles. The van der Waals surface area contributed by atoms with Crippen LogP contribution in [0.15, 0.2) is 60.7 Å². The van der Waals surface area contributed by atoms with E-state index in [1.54, 1.807) is 0 Å². The average molecular weight is 295 g/mol. The molecule has 2 nitrogen and oxygen atoms in total. The second-order valence-electron chi connectivity index (χ2n) is 5.43. The molecule has 0 aliphatic heterocycles. The Morgan fingerprint density at radius 2 is 1.76 bits per heavy atom. The van der Waals surface area contributed by atoms with Crippen molar-refractivity contribution in [3.8, 4) is 0 Å². The summed E-state index contributed by atoms with van der Waals surface area (Å²) >= 11 is 6.52. The molecule has 0 amide bonds. The third-order valence-electron chi connectivity index (χ3n) is 4.07. The third kappa shape index (κ3) is 2.26. The molecule has 1 aliphatic carbocycles. The maximum Gasteiger partial charge on any atom is 0.127 e. The predicted octanol–water partition coefficient (Wildman–Crippen LogP) is 4.55. The highest BCUT2D eigenvalue weighted by atomic mass is 35.5. The van der Waals surface area contributed by atoms with Crippen LogP contribution in [-0.2, 0) is 6.42 Å². The third-order valence-corrected chi connectivity index (χ3v) is 4.47. The topological polar surface area (TPSA) is 24.9 Å². The van der Waals surface area contributed by atoms with Crippen LogP contribution < -0.4 is 5.32 Å². The minimum Gasteiger partial charge on any atom is -0.362 e. The highest BCUT2D eigenvalue weighted by Crippen LogP contribution is 2.36. The van der Waals surface area contributed by atoms with E-state index in [-0.39, 0.29) is 11.4 Å². The number of rotatable bonds is 2. The number of nitrogens with one attached hydrogen (secondary N) is 1. The van der Waals surface area contributed by atoms with Crippen LogP contribution in [-0.4, -0.2) is 10.4 Å². The van der Waals surface area contributed by atoms with Crippen molar-refractivity contribution in [3.63, 3.8) is 0 Å². The molecule has 1 N–H and O–H groups in total. The molecule has 104 valence electrons. The number of nitrogens with zero attached hydrogens (tertiary/aromatic N) is 1. The van der Waals surface area contributed by atoms with Crippen LogP contribution >= 0.6 is 11.6 Å². The van der Waals surface area contributed by atoms with Gasteiger partial charge in [0.2, 0.25) is 0 Å². The first-order valence-corrected chi connectivity index (χ1v) is 7.59. The molecule has 1 heterocycles. The number of fused-ring (bicyclic) bond motifs is 2. The van der Waals surface area contributed by atoms with Gasteiger partial charge < -0.3 is 5.32 Å². The Morgan fingerprint density at radius 3 is 2.71 bits per heavy atom. The lowest BCUT2D eigenvalue weighted by molar-refractivity contribution is 0.768. The summed E-state index contributed by atoms with van der Waals surface area (Å²) in [6, 6.07) is 20.8. The maximum absolute atomic E-state index is 6.52. The van der Waals surface area contributed by atoms with E-state index in [0.29, 0.717) is 0 Å². The van der Waals surface area contributed by atoms with Crippen LogP contribution in [0.4, 0.5) is 5.82 Å². The SMILES string of the molecule is ClC1Cc2ccccc2C1Nc1ccc2ccccc2n1. The molecular formula is C18H15ClN2. The molecule has 2 atom stereocenters. The lowest BCUT2D eigenvalue weighted by Crippen LogP contribution is -2.17. The lowest BCUT2D eigenvalue weighted by atomic mass is 10.1. The largest absolute Gasteiger partial charge is 0.362 e. The number of hydrogen-bond acceptors (Lipinski definition) is 2. The molecule has 1 aromatic heterocycles. The second kappa shape index (κ2) is 5.05. The maximum atomic E-state index is 6.52. The molecule has 0 fully saturated rings. The van der Waals surface area contributed by atoms with Gasteiger partial charge >= 0.3 is 0 Å². The summed E-state index contributed by atoms with van der Waals surface area (Å²) in [5, 5.41) is 4.71. The molecule has 4 rings (SSSR count). The lowest BCUT2D eigenvalue weighted by Gasteiger charge is -2.18. The summed E-state index contributed by atoms with van der Waals surface area (Å²) in [7, 11) is 0. The fraction of sp³-hybridized carbons (Fsp3) is 0.167. The zero-order valence-corrected chi connectivity index (χ0v) is 12.2. The molecule has 0 spiro atoms. The number of hydrogen-bond donors (Lipinski definition) is 1. The van der Waals surface area contributed by atoms with Crippen LogP contribution in [0.5, 0.6) is 0 Å². The van der Waals surface area contributed by atoms with Crippen molar-refractivity contribution in [2.45, 2.75) is 17.8 Å². The molecule has 0 saturated heterocycles. The quantitative estimate of drug-likeness (QED) is 0.701. The van der Waals surface area contributed by atoms with Gasteiger partial charge in [-0.2, -0.15) is 0 Å². The van der Waals surface area contributed by atoms with Gasteiger partial charge in [0.05, 0.1) is 16.9 Å². The average Bonchev–Trinajstić information content (AvgIpc) is 2.83. The summed E-state index contributed by atoms with van der Waals surface area (Å²) in [6.07, 6.45) is 0.906. The zero-order valence-electron chi connectivity index (χ0n) is 11.5. The monoisotopic (exact) mass is 294 g/mol. The minimum atomic E-state index is 0.0654. The molecule has 1 aliphatic rings. The van der Waals surface area contributed by atoms with E-state index in [1.165, 1.54) is 11.1 Å². The van der Waals surface area contributed by atoms with Crippen molar-refractivity contribution in [2.75, 3.05) is 5.32 Å². The van der Waals surface area contributed by atoms with Crippen LogP contribution in [0.3, 0.4) is 0 Å². The van der Waals surface area contributed by atoms with Gasteiger partial charge in [-0.15, -0.1) is 11.6 Å². The Balaban J connectivity index is 1.68. The van der Waals surface area contributed by atoms with E-state index in [2.05, 4.69) is 46.7 Å². The molecular weight excluding hydrogens is 280 g/mol. The van der Waals surface area contributed by atoms with Gasteiger partial charge in [-0.05, 0) is 35.7 Å². The highest BCUT2D eigenvalue weighted by Gasteiger charge is 2.30. The van der Waals surface area contributed by atoms with E-state index in [9.17, 15) is 0 Å². The standard InChI is InChI=1S/C18H15ClN2/c19-15-11-13-6-1-3-7-14(13)18(15)21-17-10-9-12-5-2-4-8-16(12)20-17/h1-10,15,18H,11H2,(H,20,21). The fourth-order valence-corrected chi connectivity index (χ4v) is 3.39. The Morgan fingerprint density at radius 1 is 0.952 bits per heavy atom. The summed E-state index contributed by atoms with van der Waals surface area (Å²) in [4.78, 5) is 4.68. The molecule has 0 radical (unpaired) electrons. The first kappa shape index (κ1) is 12.7. The van der Waals surface area contributed by atoms with E-state index in [4.69, 9.17) is 11.6 Å². The molecule has 3 heteroatoms. The van der Waals surface area contributed by atoms with Crippen LogP contribution in [0.2, 0.25) is 0 Å².